The molecule has 0 amide bonds. The summed E-state index contributed by atoms with van der Waals surface area (Å²) in [5.41, 5.74) is 2.44. The summed E-state index contributed by atoms with van der Waals surface area (Å²) in [4.78, 5) is 0. The smallest absolute Gasteiger partial charge is 0.120 e. The molecule has 1 fully saturated rings. The average Bonchev–Trinajstić information content (AvgIpc) is 2.38. The van der Waals surface area contributed by atoms with E-state index < -0.39 is 0 Å². The predicted octanol–water partition coefficient (Wildman–Crippen LogP) is 3.11. The van der Waals surface area contributed by atoms with E-state index in [1.165, 1.54) is 18.4 Å². The zero-order chi connectivity index (χ0) is 12.1. The van der Waals surface area contributed by atoms with E-state index >= 15 is 0 Å². The van der Waals surface area contributed by atoms with Crippen molar-refractivity contribution >= 4 is 0 Å². The lowest BCUT2D eigenvalue weighted by Gasteiger charge is -2.23. The molecule has 1 heterocycles. The Morgan fingerprint density at radius 3 is 3.12 bits per heavy atom. The number of nitrogens with one attached hydrogen (secondary N) is 1. The Morgan fingerprint density at radius 2 is 2.41 bits per heavy atom. The summed E-state index contributed by atoms with van der Waals surface area (Å²) < 4.78 is 5.68. The lowest BCUT2D eigenvalue weighted by molar-refractivity contribution is 0.351. The zero-order valence-corrected chi connectivity index (χ0v) is 10.5. The Hall–Kier alpha value is -1.28. The van der Waals surface area contributed by atoms with Crippen molar-refractivity contribution in [1.82, 2.24) is 5.32 Å². The summed E-state index contributed by atoms with van der Waals surface area (Å²) in [6, 6.07) is 8.46. The van der Waals surface area contributed by atoms with E-state index in [4.69, 9.17) is 4.74 Å². The lowest BCUT2D eigenvalue weighted by atomic mass is 9.92. The van der Waals surface area contributed by atoms with Gasteiger partial charge in [0.05, 0.1) is 0 Å². The number of piperidine rings is 1. The van der Waals surface area contributed by atoms with Crippen LogP contribution in [0.2, 0.25) is 0 Å². The fraction of sp³-hybridized carbons (Fsp3) is 0.467. The fourth-order valence-corrected chi connectivity index (χ4v) is 2.20. The van der Waals surface area contributed by atoms with Crippen LogP contribution in [-0.4, -0.2) is 19.7 Å². The van der Waals surface area contributed by atoms with Gasteiger partial charge in [0.15, 0.2) is 0 Å². The molecule has 0 aromatic heterocycles. The molecule has 0 saturated carbocycles. The summed E-state index contributed by atoms with van der Waals surface area (Å²) in [6.45, 7) is 8.67. The van der Waals surface area contributed by atoms with Gasteiger partial charge in [-0.25, -0.2) is 0 Å². The average molecular weight is 231 g/mol. The highest BCUT2D eigenvalue weighted by Crippen LogP contribution is 2.26. The van der Waals surface area contributed by atoms with Crippen LogP contribution in [-0.2, 0) is 0 Å². The van der Waals surface area contributed by atoms with Gasteiger partial charge < -0.3 is 10.1 Å². The van der Waals surface area contributed by atoms with Gasteiger partial charge in [-0.15, -0.1) is 0 Å². The topological polar surface area (TPSA) is 21.3 Å². The maximum absolute atomic E-state index is 5.68. The first kappa shape index (κ1) is 12.2. The predicted molar refractivity (Wildman–Crippen MR) is 71.6 cm³/mol. The highest BCUT2D eigenvalue weighted by atomic mass is 16.5. The van der Waals surface area contributed by atoms with Crippen molar-refractivity contribution in [3.63, 3.8) is 0 Å². The standard InChI is InChI=1S/C15H21NO/c1-12(2)11-17-15-7-3-5-13(9-15)14-6-4-8-16-10-14/h3,5,7,9,14,16H,1,4,6,8,10-11H2,2H3. The molecule has 1 aromatic rings. The quantitative estimate of drug-likeness (QED) is 0.804. The van der Waals surface area contributed by atoms with Crippen LogP contribution in [0.15, 0.2) is 36.4 Å². The summed E-state index contributed by atoms with van der Waals surface area (Å²) >= 11 is 0. The van der Waals surface area contributed by atoms with Crippen molar-refractivity contribution in [1.29, 1.82) is 0 Å². The van der Waals surface area contributed by atoms with Crippen LogP contribution in [0.4, 0.5) is 0 Å². The van der Waals surface area contributed by atoms with E-state index in [0.29, 0.717) is 12.5 Å². The van der Waals surface area contributed by atoms with E-state index in [-0.39, 0.29) is 0 Å². The summed E-state index contributed by atoms with van der Waals surface area (Å²) in [7, 11) is 0. The molecule has 1 unspecified atom stereocenters. The highest BCUT2D eigenvalue weighted by Gasteiger charge is 2.15. The second kappa shape index (κ2) is 5.87. The third kappa shape index (κ3) is 3.60. The third-order valence-corrected chi connectivity index (χ3v) is 3.11. The largest absolute Gasteiger partial charge is 0.489 e. The van der Waals surface area contributed by atoms with Gasteiger partial charge >= 0.3 is 0 Å². The van der Waals surface area contributed by atoms with Crippen molar-refractivity contribution in [2.24, 2.45) is 0 Å². The van der Waals surface area contributed by atoms with Crippen LogP contribution in [0.25, 0.3) is 0 Å². The lowest BCUT2D eigenvalue weighted by Crippen LogP contribution is -2.28. The monoisotopic (exact) mass is 231 g/mol. The molecule has 0 radical (unpaired) electrons. The molecule has 1 aliphatic heterocycles. The Bertz CT molecular complexity index is 380. The zero-order valence-electron chi connectivity index (χ0n) is 10.5. The maximum atomic E-state index is 5.68. The number of rotatable bonds is 4. The summed E-state index contributed by atoms with van der Waals surface area (Å²) in [5.74, 6) is 1.59. The van der Waals surface area contributed by atoms with Crippen LogP contribution >= 0.6 is 0 Å². The van der Waals surface area contributed by atoms with Gasteiger partial charge in [-0.1, -0.05) is 18.7 Å². The van der Waals surface area contributed by atoms with Crippen molar-refractivity contribution < 1.29 is 4.74 Å². The molecule has 1 aromatic carbocycles. The minimum Gasteiger partial charge on any atom is -0.489 e. The summed E-state index contributed by atoms with van der Waals surface area (Å²) in [5, 5.41) is 3.45. The van der Waals surface area contributed by atoms with Crippen molar-refractivity contribution in [2.75, 3.05) is 19.7 Å². The number of benzene rings is 1. The minimum atomic E-state index is 0.604. The van der Waals surface area contributed by atoms with Crippen molar-refractivity contribution in [2.45, 2.75) is 25.7 Å². The normalized spacial score (nSPS) is 19.9. The first-order valence-electron chi connectivity index (χ1n) is 6.33. The molecule has 0 aliphatic carbocycles. The second-order valence-corrected chi connectivity index (χ2v) is 4.86. The van der Waals surface area contributed by atoms with Gasteiger partial charge in [-0.05, 0) is 55.5 Å². The van der Waals surface area contributed by atoms with E-state index in [0.717, 1.165) is 24.4 Å². The fourth-order valence-electron chi connectivity index (χ4n) is 2.20. The first-order chi connectivity index (χ1) is 8.25. The van der Waals surface area contributed by atoms with Crippen LogP contribution in [0.3, 0.4) is 0 Å². The van der Waals surface area contributed by atoms with E-state index in [2.05, 4.69) is 30.1 Å². The number of hydrogen-bond donors (Lipinski definition) is 1. The Balaban J connectivity index is 2.02. The van der Waals surface area contributed by atoms with Gasteiger partial charge in [0.25, 0.3) is 0 Å². The van der Waals surface area contributed by atoms with Gasteiger partial charge in [-0.2, -0.15) is 0 Å². The SMILES string of the molecule is C=C(C)COc1cccc(C2CCCNC2)c1. The van der Waals surface area contributed by atoms with Crippen LogP contribution in [0, 0.1) is 0 Å². The van der Waals surface area contributed by atoms with Crippen LogP contribution in [0.5, 0.6) is 5.75 Å². The molecule has 1 aliphatic rings. The van der Waals surface area contributed by atoms with Crippen molar-refractivity contribution in [3.05, 3.63) is 42.0 Å². The first-order valence-corrected chi connectivity index (χ1v) is 6.33. The number of hydrogen-bond acceptors (Lipinski definition) is 2. The molecule has 0 bridgehead atoms. The maximum Gasteiger partial charge on any atom is 0.120 e. The Morgan fingerprint density at radius 1 is 1.53 bits per heavy atom. The molecular formula is C15H21NO. The van der Waals surface area contributed by atoms with Gasteiger partial charge in [-0.3, -0.25) is 0 Å². The third-order valence-electron chi connectivity index (χ3n) is 3.11. The molecule has 92 valence electrons. The van der Waals surface area contributed by atoms with E-state index in [1.54, 1.807) is 0 Å². The molecule has 0 spiro atoms. The molecule has 1 N–H and O–H groups in total. The molecular weight excluding hydrogens is 210 g/mol. The van der Waals surface area contributed by atoms with Gasteiger partial charge in [0, 0.05) is 6.54 Å². The molecule has 2 nitrogen and oxygen atoms in total. The molecule has 2 rings (SSSR count). The molecule has 1 saturated heterocycles. The second-order valence-electron chi connectivity index (χ2n) is 4.86. The number of ether oxygens (including phenoxy) is 1. The van der Waals surface area contributed by atoms with Crippen LogP contribution in [0.1, 0.15) is 31.2 Å². The molecule has 2 heteroatoms. The minimum absolute atomic E-state index is 0.604. The van der Waals surface area contributed by atoms with Crippen LogP contribution < -0.4 is 10.1 Å². The highest BCUT2D eigenvalue weighted by molar-refractivity contribution is 5.31. The van der Waals surface area contributed by atoms with Gasteiger partial charge in [0.1, 0.15) is 12.4 Å². The van der Waals surface area contributed by atoms with Gasteiger partial charge in [0.2, 0.25) is 0 Å². The van der Waals surface area contributed by atoms with E-state index in [9.17, 15) is 0 Å². The summed E-state index contributed by atoms with van der Waals surface area (Å²) in [6.07, 6.45) is 2.54. The Labute approximate surface area is 104 Å². The van der Waals surface area contributed by atoms with Crippen molar-refractivity contribution in [3.8, 4) is 5.75 Å². The molecule has 17 heavy (non-hydrogen) atoms. The molecule has 1 atom stereocenters. The Kier molecular flexibility index (Phi) is 4.21. The van der Waals surface area contributed by atoms with E-state index in [1.807, 2.05) is 13.0 Å².